The molecular weight excluding hydrogens is 206 g/mol. The Hall–Kier alpha value is -0.820. The summed E-state index contributed by atoms with van der Waals surface area (Å²) in [6, 6.07) is 11.8. The molecule has 0 saturated heterocycles. The lowest BCUT2D eigenvalue weighted by atomic mass is 9.59. The quantitative estimate of drug-likeness (QED) is 0.783. The van der Waals surface area contributed by atoms with Crippen LogP contribution in [0.15, 0.2) is 30.3 Å². The highest BCUT2D eigenvalue weighted by molar-refractivity contribution is 5.30. The maximum atomic E-state index is 3.76. The van der Waals surface area contributed by atoms with Gasteiger partial charge in [-0.3, -0.25) is 0 Å². The van der Waals surface area contributed by atoms with E-state index < -0.39 is 0 Å². The molecule has 94 valence electrons. The van der Waals surface area contributed by atoms with Crippen LogP contribution in [0, 0.1) is 0 Å². The van der Waals surface area contributed by atoms with Gasteiger partial charge >= 0.3 is 0 Å². The molecule has 17 heavy (non-hydrogen) atoms. The van der Waals surface area contributed by atoms with Gasteiger partial charge in [0.1, 0.15) is 0 Å². The van der Waals surface area contributed by atoms with Crippen molar-refractivity contribution >= 4 is 0 Å². The van der Waals surface area contributed by atoms with Crippen molar-refractivity contribution in [1.29, 1.82) is 0 Å². The third-order valence-corrected chi connectivity index (χ3v) is 4.31. The fraction of sp³-hybridized carbons (Fsp3) is 0.625. The Morgan fingerprint density at radius 3 is 2.35 bits per heavy atom. The molecule has 2 rings (SSSR count). The third kappa shape index (κ3) is 2.40. The minimum Gasteiger partial charge on any atom is -0.313 e. The largest absolute Gasteiger partial charge is 0.313 e. The van der Waals surface area contributed by atoms with Crippen LogP contribution >= 0.6 is 0 Å². The summed E-state index contributed by atoms with van der Waals surface area (Å²) >= 11 is 0. The lowest BCUT2D eigenvalue weighted by Gasteiger charge is -2.48. The van der Waals surface area contributed by atoms with E-state index in [0.717, 1.165) is 6.54 Å². The molecule has 0 radical (unpaired) electrons. The predicted molar refractivity (Wildman–Crippen MR) is 74.3 cm³/mol. The molecule has 1 N–H and O–H groups in total. The van der Waals surface area contributed by atoms with E-state index in [0.29, 0.717) is 11.5 Å². The van der Waals surface area contributed by atoms with Crippen molar-refractivity contribution in [3.8, 4) is 0 Å². The van der Waals surface area contributed by atoms with Crippen molar-refractivity contribution in [2.24, 2.45) is 0 Å². The van der Waals surface area contributed by atoms with Crippen molar-refractivity contribution in [2.75, 3.05) is 6.54 Å². The van der Waals surface area contributed by atoms with Gasteiger partial charge in [-0.1, -0.05) is 50.6 Å². The molecule has 0 aliphatic heterocycles. The van der Waals surface area contributed by atoms with Crippen molar-refractivity contribution in [1.82, 2.24) is 5.32 Å². The monoisotopic (exact) mass is 231 g/mol. The zero-order chi connectivity index (χ0) is 12.1. The van der Waals surface area contributed by atoms with Crippen LogP contribution < -0.4 is 5.32 Å². The van der Waals surface area contributed by atoms with E-state index in [2.05, 4.69) is 49.5 Å². The molecule has 1 aromatic rings. The van der Waals surface area contributed by atoms with Crippen molar-refractivity contribution in [3.63, 3.8) is 0 Å². The molecule has 1 aromatic carbocycles. The van der Waals surface area contributed by atoms with Crippen LogP contribution in [0.25, 0.3) is 0 Å². The zero-order valence-electron chi connectivity index (χ0n) is 11.2. The number of benzene rings is 1. The van der Waals surface area contributed by atoms with Crippen molar-refractivity contribution < 1.29 is 0 Å². The number of nitrogens with one attached hydrogen (secondary N) is 1. The van der Waals surface area contributed by atoms with E-state index >= 15 is 0 Å². The fourth-order valence-corrected chi connectivity index (χ4v) is 3.22. The van der Waals surface area contributed by atoms with E-state index in [1.165, 1.54) is 32.1 Å². The summed E-state index contributed by atoms with van der Waals surface area (Å²) in [5.74, 6) is 0. The molecule has 1 aliphatic rings. The van der Waals surface area contributed by atoms with Gasteiger partial charge in [-0.05, 0) is 37.8 Å². The predicted octanol–water partition coefficient (Wildman–Crippen LogP) is 3.89. The fourth-order valence-electron chi connectivity index (χ4n) is 3.22. The molecule has 0 aromatic heterocycles. The van der Waals surface area contributed by atoms with Crippen LogP contribution in [0.2, 0.25) is 0 Å². The van der Waals surface area contributed by atoms with E-state index in [9.17, 15) is 0 Å². The van der Waals surface area contributed by atoms with Crippen molar-refractivity contribution in [2.45, 2.75) is 57.4 Å². The molecule has 1 saturated carbocycles. The second-order valence-electron chi connectivity index (χ2n) is 5.29. The highest BCUT2D eigenvalue weighted by atomic mass is 14.9. The first-order valence-corrected chi connectivity index (χ1v) is 7.12. The lowest BCUT2D eigenvalue weighted by Crippen LogP contribution is -2.52. The average molecular weight is 231 g/mol. The Morgan fingerprint density at radius 1 is 1.18 bits per heavy atom. The molecule has 1 nitrogen and oxygen atoms in total. The molecule has 0 heterocycles. The first-order chi connectivity index (χ1) is 8.33. The molecule has 1 heteroatoms. The third-order valence-electron chi connectivity index (χ3n) is 4.31. The second-order valence-corrected chi connectivity index (χ2v) is 5.29. The molecule has 1 aliphatic carbocycles. The van der Waals surface area contributed by atoms with Gasteiger partial charge in [0.05, 0.1) is 0 Å². The molecule has 1 atom stereocenters. The van der Waals surface area contributed by atoms with Gasteiger partial charge in [0.25, 0.3) is 0 Å². The molecule has 0 bridgehead atoms. The van der Waals surface area contributed by atoms with Crippen LogP contribution in [-0.2, 0) is 5.41 Å². The van der Waals surface area contributed by atoms with Gasteiger partial charge in [0.2, 0.25) is 0 Å². The summed E-state index contributed by atoms with van der Waals surface area (Å²) in [6.07, 6.45) is 6.55. The topological polar surface area (TPSA) is 12.0 Å². The standard InChI is InChI=1S/C16H25N/c1-3-13-17-15(4-2)16(11-8-12-16)14-9-6-5-7-10-14/h5-7,9-10,15,17H,3-4,8,11-13H2,1-2H3. The second kappa shape index (κ2) is 5.68. The number of hydrogen-bond donors (Lipinski definition) is 1. The van der Waals surface area contributed by atoms with E-state index in [-0.39, 0.29) is 0 Å². The molecule has 1 unspecified atom stereocenters. The minimum absolute atomic E-state index is 0.422. The van der Waals surface area contributed by atoms with Crippen LogP contribution in [0.1, 0.15) is 51.5 Å². The van der Waals surface area contributed by atoms with E-state index in [1.807, 2.05) is 0 Å². The summed E-state index contributed by atoms with van der Waals surface area (Å²) in [6.45, 7) is 5.71. The highest BCUT2D eigenvalue weighted by Crippen LogP contribution is 2.47. The van der Waals surface area contributed by atoms with Gasteiger partial charge in [0, 0.05) is 11.5 Å². The van der Waals surface area contributed by atoms with Gasteiger partial charge < -0.3 is 5.32 Å². The number of hydrogen-bond acceptors (Lipinski definition) is 1. The van der Waals surface area contributed by atoms with E-state index in [1.54, 1.807) is 5.56 Å². The normalized spacial score (nSPS) is 19.6. The summed E-state index contributed by atoms with van der Waals surface area (Å²) in [5.41, 5.74) is 1.97. The minimum atomic E-state index is 0.422. The highest BCUT2D eigenvalue weighted by Gasteiger charge is 2.44. The Kier molecular flexibility index (Phi) is 4.22. The lowest BCUT2D eigenvalue weighted by molar-refractivity contribution is 0.165. The maximum absolute atomic E-state index is 3.76. The summed E-state index contributed by atoms with van der Waals surface area (Å²) < 4.78 is 0. The van der Waals surface area contributed by atoms with Gasteiger partial charge in [-0.2, -0.15) is 0 Å². The smallest absolute Gasteiger partial charge is 0.0161 e. The van der Waals surface area contributed by atoms with Crippen LogP contribution in [0.5, 0.6) is 0 Å². The average Bonchev–Trinajstić information content (AvgIpc) is 2.33. The van der Waals surface area contributed by atoms with Crippen LogP contribution in [-0.4, -0.2) is 12.6 Å². The first-order valence-electron chi connectivity index (χ1n) is 7.12. The summed E-state index contributed by atoms with van der Waals surface area (Å²) in [4.78, 5) is 0. The van der Waals surface area contributed by atoms with Crippen LogP contribution in [0.4, 0.5) is 0 Å². The van der Waals surface area contributed by atoms with Gasteiger partial charge in [-0.25, -0.2) is 0 Å². The maximum Gasteiger partial charge on any atom is 0.0161 e. The van der Waals surface area contributed by atoms with Gasteiger partial charge in [-0.15, -0.1) is 0 Å². The Labute approximate surface area is 106 Å². The van der Waals surface area contributed by atoms with Crippen LogP contribution in [0.3, 0.4) is 0 Å². The molecule has 0 spiro atoms. The molecule has 1 fully saturated rings. The van der Waals surface area contributed by atoms with Gasteiger partial charge in [0.15, 0.2) is 0 Å². The summed E-state index contributed by atoms with van der Waals surface area (Å²) in [7, 11) is 0. The first kappa shape index (κ1) is 12.6. The Balaban J connectivity index is 2.18. The number of rotatable bonds is 6. The van der Waals surface area contributed by atoms with Crippen molar-refractivity contribution in [3.05, 3.63) is 35.9 Å². The molecule has 0 amide bonds. The zero-order valence-corrected chi connectivity index (χ0v) is 11.2. The van der Waals surface area contributed by atoms with E-state index in [4.69, 9.17) is 0 Å². The Bertz CT molecular complexity index is 327. The Morgan fingerprint density at radius 2 is 1.88 bits per heavy atom. The SMILES string of the molecule is CCCNC(CC)C1(c2ccccc2)CCC1. The molecular formula is C16H25N. The summed E-state index contributed by atoms with van der Waals surface area (Å²) in [5, 5.41) is 3.76.